The van der Waals surface area contributed by atoms with E-state index in [-0.39, 0.29) is 23.8 Å². The SMILES string of the molecule is Cn1cc(N(C[C@H]2C[C@H](O[Si](C)(C)C(C)(C)C)CO2)S(=O)(=O)NC(=O)Nc2c3c(cc4c2CCC4)CCC3)cn1. The van der Waals surface area contributed by atoms with Crippen molar-refractivity contribution < 1.29 is 22.4 Å². The highest BCUT2D eigenvalue weighted by atomic mass is 32.2. The lowest BCUT2D eigenvalue weighted by molar-refractivity contribution is 0.0956. The molecule has 10 nitrogen and oxygen atoms in total. The summed E-state index contributed by atoms with van der Waals surface area (Å²) in [6.07, 6.45) is 9.06. The molecule has 1 fully saturated rings. The van der Waals surface area contributed by atoms with Gasteiger partial charge in [-0.3, -0.25) is 4.68 Å². The van der Waals surface area contributed by atoms with E-state index in [2.05, 4.69) is 55.1 Å². The molecule has 2 amide bonds. The predicted molar refractivity (Wildman–Crippen MR) is 159 cm³/mol. The second kappa shape index (κ2) is 10.8. The molecule has 40 heavy (non-hydrogen) atoms. The number of nitrogens with one attached hydrogen (secondary N) is 2. The number of benzene rings is 1. The van der Waals surface area contributed by atoms with E-state index in [0.29, 0.717) is 18.7 Å². The van der Waals surface area contributed by atoms with Crippen molar-refractivity contribution in [3.05, 3.63) is 40.7 Å². The molecule has 2 N–H and O–H groups in total. The van der Waals surface area contributed by atoms with E-state index in [1.54, 1.807) is 13.2 Å². The summed E-state index contributed by atoms with van der Waals surface area (Å²) in [6.45, 7) is 11.4. The molecule has 0 bridgehead atoms. The van der Waals surface area contributed by atoms with Crippen LogP contribution in [0.25, 0.3) is 0 Å². The Kier molecular flexibility index (Phi) is 7.83. The molecule has 12 heteroatoms. The van der Waals surface area contributed by atoms with E-state index in [1.165, 1.54) is 26.3 Å². The number of carbonyl (C=O) groups excluding carboxylic acids is 1. The largest absolute Gasteiger partial charge is 0.411 e. The first-order valence-electron chi connectivity index (χ1n) is 14.3. The van der Waals surface area contributed by atoms with Crippen molar-refractivity contribution in [1.82, 2.24) is 14.5 Å². The standard InChI is InChI=1S/C28H43N5O5SSi/c1-28(2,3)40(5,6)38-23-14-22(37-18-23)17-33(21-15-29-32(4)16-21)39(35,36)31-27(34)30-26-24-11-7-9-19(24)13-20-10-8-12-25(20)26/h13,15-16,22-23H,7-12,14,17-18H2,1-6H3,(H2,30,31,34)/t22-,23+/m1/s1. The molecule has 0 unspecified atom stereocenters. The van der Waals surface area contributed by atoms with Crippen LogP contribution in [0, 0.1) is 0 Å². The number of amides is 2. The van der Waals surface area contributed by atoms with Crippen molar-refractivity contribution in [2.45, 2.75) is 96.1 Å². The highest BCUT2D eigenvalue weighted by Gasteiger charge is 2.42. The molecular formula is C28H43N5O5SSi. The lowest BCUT2D eigenvalue weighted by atomic mass is 9.99. The quantitative estimate of drug-likeness (QED) is 0.440. The van der Waals surface area contributed by atoms with Crippen LogP contribution in [0.3, 0.4) is 0 Å². The van der Waals surface area contributed by atoms with Gasteiger partial charge in [0.05, 0.1) is 37.2 Å². The van der Waals surface area contributed by atoms with Crippen molar-refractivity contribution in [2.75, 3.05) is 22.8 Å². The lowest BCUT2D eigenvalue weighted by Gasteiger charge is -2.38. The minimum absolute atomic E-state index is 0.0435. The Morgan fingerprint density at radius 3 is 2.40 bits per heavy atom. The lowest BCUT2D eigenvalue weighted by Crippen LogP contribution is -2.48. The van der Waals surface area contributed by atoms with Gasteiger partial charge in [-0.15, -0.1) is 0 Å². The summed E-state index contributed by atoms with van der Waals surface area (Å²) < 4.78 is 44.9. The zero-order valence-electron chi connectivity index (χ0n) is 24.5. The number of carbonyl (C=O) groups is 1. The number of fused-ring (bicyclic) bond motifs is 2. The number of nitrogens with zero attached hydrogens (tertiary/aromatic N) is 3. The molecule has 0 spiro atoms. The van der Waals surface area contributed by atoms with Gasteiger partial charge in [0.25, 0.3) is 0 Å². The number of hydrogen-bond acceptors (Lipinski definition) is 6. The van der Waals surface area contributed by atoms with E-state index < -0.39 is 24.6 Å². The molecule has 2 atom stereocenters. The second-order valence-corrected chi connectivity index (χ2v) is 19.2. The fraction of sp³-hybridized carbons (Fsp3) is 0.643. The van der Waals surface area contributed by atoms with Crippen molar-refractivity contribution in [3.8, 4) is 0 Å². The highest BCUT2D eigenvalue weighted by Crippen LogP contribution is 2.40. The summed E-state index contributed by atoms with van der Waals surface area (Å²) in [5.41, 5.74) is 5.98. The molecule has 220 valence electrons. The van der Waals surface area contributed by atoms with Crippen molar-refractivity contribution in [2.24, 2.45) is 7.05 Å². The van der Waals surface area contributed by atoms with Crippen LogP contribution < -0.4 is 14.3 Å². The fourth-order valence-electron chi connectivity index (χ4n) is 5.82. The first-order valence-corrected chi connectivity index (χ1v) is 18.6. The number of hydrogen-bond donors (Lipinski definition) is 2. The molecule has 0 saturated carbocycles. The molecule has 2 aromatic rings. The Balaban J connectivity index is 1.31. The van der Waals surface area contributed by atoms with Gasteiger partial charge < -0.3 is 14.5 Å². The molecule has 5 rings (SSSR count). The van der Waals surface area contributed by atoms with Crippen LogP contribution in [0.15, 0.2) is 18.5 Å². The number of anilines is 2. The van der Waals surface area contributed by atoms with Crippen molar-refractivity contribution in [3.63, 3.8) is 0 Å². The summed E-state index contributed by atoms with van der Waals surface area (Å²) in [6, 6.07) is 1.52. The Labute approximate surface area is 239 Å². The van der Waals surface area contributed by atoms with Crippen LogP contribution >= 0.6 is 0 Å². The van der Waals surface area contributed by atoms with Gasteiger partial charge in [-0.2, -0.15) is 13.5 Å². The van der Waals surface area contributed by atoms with Gasteiger partial charge in [-0.05, 0) is 78.9 Å². The Morgan fingerprint density at radius 2 is 1.82 bits per heavy atom. The second-order valence-electron chi connectivity index (χ2n) is 12.9. The molecule has 1 saturated heterocycles. The maximum atomic E-state index is 13.7. The van der Waals surface area contributed by atoms with E-state index in [4.69, 9.17) is 9.16 Å². The van der Waals surface area contributed by atoms with Gasteiger partial charge in [0.2, 0.25) is 0 Å². The van der Waals surface area contributed by atoms with Crippen molar-refractivity contribution >= 4 is 35.9 Å². The normalized spacial score (nSPS) is 20.9. The van der Waals surface area contributed by atoms with Crippen LogP contribution in [0.2, 0.25) is 18.1 Å². The third-order valence-electron chi connectivity index (χ3n) is 8.88. The van der Waals surface area contributed by atoms with Gasteiger partial charge >= 0.3 is 16.2 Å². The van der Waals surface area contributed by atoms with E-state index in [9.17, 15) is 13.2 Å². The van der Waals surface area contributed by atoms with Gasteiger partial charge in [-0.1, -0.05) is 26.8 Å². The van der Waals surface area contributed by atoms with Crippen LogP contribution in [0.1, 0.15) is 62.3 Å². The molecule has 2 heterocycles. The average molecular weight is 590 g/mol. The van der Waals surface area contributed by atoms with Gasteiger partial charge in [-0.25, -0.2) is 13.8 Å². The van der Waals surface area contributed by atoms with Gasteiger partial charge in [0.15, 0.2) is 8.32 Å². The van der Waals surface area contributed by atoms with Crippen LogP contribution in [-0.2, 0) is 52.1 Å². The zero-order chi connectivity index (χ0) is 28.9. The number of aryl methyl sites for hydroxylation is 3. The maximum absolute atomic E-state index is 13.7. The molecular weight excluding hydrogens is 546 g/mol. The summed E-state index contributed by atoms with van der Waals surface area (Å²) >= 11 is 0. The first kappa shape index (κ1) is 29.1. The third kappa shape index (κ3) is 5.95. The van der Waals surface area contributed by atoms with Crippen LogP contribution in [0.5, 0.6) is 0 Å². The minimum atomic E-state index is -4.27. The highest BCUT2D eigenvalue weighted by molar-refractivity contribution is 7.91. The van der Waals surface area contributed by atoms with E-state index in [0.717, 1.165) is 55.3 Å². The smallest absolute Gasteiger partial charge is 0.334 e. The van der Waals surface area contributed by atoms with Crippen LogP contribution in [0.4, 0.5) is 16.2 Å². The first-order chi connectivity index (χ1) is 18.7. The molecule has 0 radical (unpaired) electrons. The fourth-order valence-corrected chi connectivity index (χ4v) is 8.30. The molecule has 1 aliphatic heterocycles. The van der Waals surface area contributed by atoms with Crippen LogP contribution in [-0.4, -0.2) is 57.9 Å². The van der Waals surface area contributed by atoms with Gasteiger partial charge in [0.1, 0.15) is 0 Å². The third-order valence-corrected chi connectivity index (χ3v) is 14.8. The number of aromatic nitrogens is 2. The van der Waals surface area contributed by atoms with E-state index in [1.807, 2.05) is 0 Å². The summed E-state index contributed by atoms with van der Waals surface area (Å²) in [7, 11) is -4.55. The summed E-state index contributed by atoms with van der Waals surface area (Å²) in [5.74, 6) is 0. The molecule has 3 aliphatic rings. The molecule has 1 aromatic heterocycles. The maximum Gasteiger partial charge on any atom is 0.334 e. The average Bonchev–Trinajstić information content (AvgIpc) is 3.63. The number of urea groups is 1. The minimum Gasteiger partial charge on any atom is -0.411 e. The Hall–Kier alpha value is -2.41. The monoisotopic (exact) mass is 589 g/mol. The molecule has 1 aromatic carbocycles. The summed E-state index contributed by atoms with van der Waals surface area (Å²) in [4.78, 5) is 13.2. The number of rotatable bonds is 8. The van der Waals surface area contributed by atoms with Crippen molar-refractivity contribution in [1.29, 1.82) is 0 Å². The topological polar surface area (TPSA) is 115 Å². The number of ether oxygens (including phenoxy) is 1. The van der Waals surface area contributed by atoms with Gasteiger partial charge in [0, 0.05) is 25.4 Å². The summed E-state index contributed by atoms with van der Waals surface area (Å²) in [5, 5.41) is 7.15. The van der Waals surface area contributed by atoms with E-state index >= 15 is 0 Å². The Morgan fingerprint density at radius 1 is 1.18 bits per heavy atom. The molecule has 2 aliphatic carbocycles. The Bertz CT molecular complexity index is 1350. The zero-order valence-corrected chi connectivity index (χ0v) is 26.4. The predicted octanol–water partition coefficient (Wildman–Crippen LogP) is 4.45.